The zero-order valence-corrected chi connectivity index (χ0v) is 9.32. The van der Waals surface area contributed by atoms with Crippen LogP contribution < -0.4 is 10.1 Å². The Balaban J connectivity index is 2.51. The molecule has 0 amide bonds. The second kappa shape index (κ2) is 3.97. The first-order valence-corrected chi connectivity index (χ1v) is 5.27. The molecule has 1 aliphatic rings. The normalized spacial score (nSPS) is 20.1. The summed E-state index contributed by atoms with van der Waals surface area (Å²) in [6, 6.07) is 3.83. The summed E-state index contributed by atoms with van der Waals surface area (Å²) in [5.41, 5.74) is 1.02. The van der Waals surface area contributed by atoms with E-state index in [0.717, 1.165) is 17.7 Å². The van der Waals surface area contributed by atoms with Gasteiger partial charge >= 0.3 is 0 Å². The smallest absolute Gasteiger partial charge is 0.127 e. The molecule has 1 atom stereocenters. The van der Waals surface area contributed by atoms with Crippen LogP contribution in [0.5, 0.6) is 5.75 Å². The molecule has 2 rings (SSSR count). The summed E-state index contributed by atoms with van der Waals surface area (Å²) < 4.78 is 5.51. The molecule has 0 aromatic heterocycles. The Morgan fingerprint density at radius 1 is 1.43 bits per heavy atom. The zero-order chi connectivity index (χ0) is 10.1. The lowest BCUT2D eigenvalue weighted by atomic mass is 10.0. The molecule has 1 heterocycles. The van der Waals surface area contributed by atoms with Gasteiger partial charge in [0.15, 0.2) is 0 Å². The van der Waals surface area contributed by atoms with Crippen molar-refractivity contribution in [2.45, 2.75) is 12.5 Å². The van der Waals surface area contributed by atoms with Gasteiger partial charge in [0.25, 0.3) is 0 Å². The van der Waals surface area contributed by atoms with Gasteiger partial charge in [0, 0.05) is 23.0 Å². The van der Waals surface area contributed by atoms with Crippen molar-refractivity contribution in [2.75, 3.05) is 13.7 Å². The van der Waals surface area contributed by atoms with Crippen molar-refractivity contribution in [3.05, 3.63) is 27.7 Å². The third-order valence-corrected chi connectivity index (χ3v) is 2.95. The van der Waals surface area contributed by atoms with Crippen molar-refractivity contribution in [2.24, 2.45) is 0 Å². The van der Waals surface area contributed by atoms with Gasteiger partial charge in [-0.1, -0.05) is 23.2 Å². The van der Waals surface area contributed by atoms with Crippen molar-refractivity contribution in [3.63, 3.8) is 0 Å². The van der Waals surface area contributed by atoms with Crippen LogP contribution in [0.3, 0.4) is 0 Å². The molecule has 0 fully saturated rings. The van der Waals surface area contributed by atoms with Gasteiger partial charge in [0.1, 0.15) is 5.75 Å². The first-order valence-electron chi connectivity index (χ1n) is 4.51. The predicted molar refractivity (Wildman–Crippen MR) is 58.4 cm³/mol. The van der Waals surface area contributed by atoms with Gasteiger partial charge in [-0.3, -0.25) is 0 Å². The van der Waals surface area contributed by atoms with Gasteiger partial charge in [-0.2, -0.15) is 0 Å². The molecule has 1 aliphatic heterocycles. The van der Waals surface area contributed by atoms with Crippen LogP contribution in [0, 0.1) is 0 Å². The van der Waals surface area contributed by atoms with Gasteiger partial charge in [-0.05, 0) is 19.2 Å². The minimum Gasteiger partial charge on any atom is -0.493 e. The SMILES string of the molecule is CNC1CCOc2cc(Cl)cc(Cl)c21. The van der Waals surface area contributed by atoms with Crippen molar-refractivity contribution in [3.8, 4) is 5.75 Å². The third-order valence-electron chi connectivity index (χ3n) is 2.42. The van der Waals surface area contributed by atoms with E-state index < -0.39 is 0 Å². The third kappa shape index (κ3) is 1.70. The van der Waals surface area contributed by atoms with Crippen LogP contribution in [0.15, 0.2) is 12.1 Å². The van der Waals surface area contributed by atoms with Crippen LogP contribution in [0.2, 0.25) is 10.0 Å². The second-order valence-electron chi connectivity index (χ2n) is 3.28. The Kier molecular flexibility index (Phi) is 2.86. The number of fused-ring (bicyclic) bond motifs is 1. The summed E-state index contributed by atoms with van der Waals surface area (Å²) in [6.45, 7) is 0.704. The molecular formula is C10H11Cl2NO. The quantitative estimate of drug-likeness (QED) is 0.803. The van der Waals surface area contributed by atoms with E-state index in [1.165, 1.54) is 0 Å². The minimum atomic E-state index is 0.267. The standard InChI is InChI=1S/C10H11Cl2NO/c1-13-8-2-3-14-9-5-6(11)4-7(12)10(8)9/h4-5,8,13H,2-3H2,1H3. The molecule has 2 nitrogen and oxygen atoms in total. The Labute approximate surface area is 93.2 Å². The Bertz CT molecular complexity index is 354. The van der Waals surface area contributed by atoms with Gasteiger partial charge in [-0.15, -0.1) is 0 Å². The molecule has 14 heavy (non-hydrogen) atoms. The van der Waals surface area contributed by atoms with Gasteiger partial charge in [-0.25, -0.2) is 0 Å². The van der Waals surface area contributed by atoms with E-state index in [1.807, 2.05) is 13.1 Å². The van der Waals surface area contributed by atoms with Crippen molar-refractivity contribution in [1.82, 2.24) is 5.32 Å². The maximum atomic E-state index is 6.12. The number of hydrogen-bond donors (Lipinski definition) is 1. The summed E-state index contributed by atoms with van der Waals surface area (Å²) in [4.78, 5) is 0. The van der Waals surface area contributed by atoms with Crippen molar-refractivity contribution in [1.29, 1.82) is 0 Å². The molecule has 0 saturated carbocycles. The average molecular weight is 232 g/mol. The van der Waals surface area contributed by atoms with E-state index in [9.17, 15) is 0 Å². The number of hydrogen-bond acceptors (Lipinski definition) is 2. The van der Waals surface area contributed by atoms with E-state index >= 15 is 0 Å². The number of rotatable bonds is 1. The number of nitrogens with one attached hydrogen (secondary N) is 1. The van der Waals surface area contributed by atoms with Crippen LogP contribution in [0.4, 0.5) is 0 Å². The Morgan fingerprint density at radius 3 is 2.93 bits per heavy atom. The molecule has 1 unspecified atom stereocenters. The summed E-state index contributed by atoms with van der Waals surface area (Å²) in [5.74, 6) is 0.799. The molecule has 0 radical (unpaired) electrons. The molecule has 0 spiro atoms. The van der Waals surface area contributed by atoms with E-state index in [1.54, 1.807) is 6.07 Å². The Hall–Kier alpha value is -0.440. The molecule has 0 saturated heterocycles. The van der Waals surface area contributed by atoms with Gasteiger partial charge in [0.05, 0.1) is 11.6 Å². The topological polar surface area (TPSA) is 21.3 Å². The average Bonchev–Trinajstić information content (AvgIpc) is 2.16. The molecule has 1 aromatic rings. The summed E-state index contributed by atoms with van der Waals surface area (Å²) in [5, 5.41) is 4.50. The number of halogens is 2. The monoisotopic (exact) mass is 231 g/mol. The fourth-order valence-electron chi connectivity index (χ4n) is 1.74. The van der Waals surface area contributed by atoms with E-state index in [-0.39, 0.29) is 6.04 Å². The maximum absolute atomic E-state index is 6.12. The first kappa shape index (κ1) is 10.1. The highest BCUT2D eigenvalue weighted by Gasteiger charge is 2.23. The maximum Gasteiger partial charge on any atom is 0.127 e. The Morgan fingerprint density at radius 2 is 2.21 bits per heavy atom. The predicted octanol–water partition coefficient (Wildman–Crippen LogP) is 3.04. The van der Waals surface area contributed by atoms with E-state index in [0.29, 0.717) is 16.7 Å². The number of ether oxygens (including phenoxy) is 1. The fraction of sp³-hybridized carbons (Fsp3) is 0.400. The molecule has 0 aliphatic carbocycles. The summed E-state index contributed by atoms with van der Waals surface area (Å²) >= 11 is 12.0. The lowest BCUT2D eigenvalue weighted by molar-refractivity contribution is 0.257. The second-order valence-corrected chi connectivity index (χ2v) is 4.12. The molecule has 1 aromatic carbocycles. The highest BCUT2D eigenvalue weighted by molar-refractivity contribution is 6.35. The van der Waals surface area contributed by atoms with Crippen LogP contribution >= 0.6 is 23.2 Å². The van der Waals surface area contributed by atoms with Crippen LogP contribution in [-0.4, -0.2) is 13.7 Å². The molecule has 76 valence electrons. The molecule has 0 bridgehead atoms. The lowest BCUT2D eigenvalue weighted by Crippen LogP contribution is -2.24. The van der Waals surface area contributed by atoms with E-state index in [2.05, 4.69) is 5.32 Å². The lowest BCUT2D eigenvalue weighted by Gasteiger charge is -2.26. The summed E-state index contributed by atoms with van der Waals surface area (Å²) in [6.07, 6.45) is 0.935. The molecule has 1 N–H and O–H groups in total. The summed E-state index contributed by atoms with van der Waals surface area (Å²) in [7, 11) is 1.92. The van der Waals surface area contributed by atoms with Crippen molar-refractivity contribution < 1.29 is 4.74 Å². The number of benzene rings is 1. The van der Waals surface area contributed by atoms with Crippen molar-refractivity contribution >= 4 is 23.2 Å². The highest BCUT2D eigenvalue weighted by Crippen LogP contribution is 2.39. The largest absolute Gasteiger partial charge is 0.493 e. The highest BCUT2D eigenvalue weighted by atomic mass is 35.5. The van der Waals surface area contributed by atoms with Gasteiger partial charge in [0.2, 0.25) is 0 Å². The van der Waals surface area contributed by atoms with Crippen LogP contribution in [0.25, 0.3) is 0 Å². The van der Waals surface area contributed by atoms with Crippen LogP contribution in [0.1, 0.15) is 18.0 Å². The molecular weight excluding hydrogens is 221 g/mol. The van der Waals surface area contributed by atoms with E-state index in [4.69, 9.17) is 27.9 Å². The fourth-order valence-corrected chi connectivity index (χ4v) is 2.34. The first-order chi connectivity index (χ1) is 6.72. The molecule has 4 heteroatoms. The van der Waals surface area contributed by atoms with Crippen LogP contribution in [-0.2, 0) is 0 Å². The zero-order valence-electron chi connectivity index (χ0n) is 7.81. The minimum absolute atomic E-state index is 0.267. The van der Waals surface area contributed by atoms with Gasteiger partial charge < -0.3 is 10.1 Å².